The summed E-state index contributed by atoms with van der Waals surface area (Å²) in [6, 6.07) is 5.64. The number of aryl methyl sites for hydroxylation is 2. The maximum absolute atomic E-state index is 11.2. The van der Waals surface area contributed by atoms with E-state index < -0.39 is 0 Å². The molecule has 64 valence electrons. The molecule has 0 atom stereocenters. The average Bonchev–Trinajstić information content (AvgIpc) is 2.03. The number of pyridine rings is 1. The number of methoxy groups -OCH3 is 1. The predicted molar refractivity (Wildman–Crippen MR) is 43.9 cm³/mol. The van der Waals surface area contributed by atoms with Crippen LogP contribution in [0.4, 0.5) is 4.79 Å². The summed E-state index contributed by atoms with van der Waals surface area (Å²) in [4.78, 5) is 11.2. The number of carbonyl (C=O) groups is 1. The van der Waals surface area contributed by atoms with Gasteiger partial charge in [-0.1, -0.05) is 4.57 Å². The van der Waals surface area contributed by atoms with Gasteiger partial charge in [0.2, 0.25) is 0 Å². The number of nitrogens with zero attached hydrogens (tertiary/aromatic N) is 1. The van der Waals surface area contributed by atoms with Crippen molar-refractivity contribution in [1.29, 1.82) is 0 Å². The zero-order valence-corrected chi connectivity index (χ0v) is 7.50. The SMILES string of the molecule is COC(=O)[n+]1c(C)cccc1C. The van der Waals surface area contributed by atoms with E-state index in [0.29, 0.717) is 0 Å². The van der Waals surface area contributed by atoms with Crippen molar-refractivity contribution in [3.05, 3.63) is 29.6 Å². The van der Waals surface area contributed by atoms with E-state index in [0.717, 1.165) is 11.4 Å². The molecular weight excluding hydrogens is 154 g/mol. The highest BCUT2D eigenvalue weighted by molar-refractivity contribution is 5.57. The molecule has 12 heavy (non-hydrogen) atoms. The van der Waals surface area contributed by atoms with E-state index in [1.165, 1.54) is 11.7 Å². The fourth-order valence-electron chi connectivity index (χ4n) is 1.13. The summed E-state index contributed by atoms with van der Waals surface area (Å²) in [5.41, 5.74) is 1.75. The molecule has 1 heterocycles. The standard InChI is InChI=1S/C9H12NO2/c1-7-5-4-6-8(2)10(7)9(11)12-3/h4-6H,1-3H3/q+1. The fourth-order valence-corrected chi connectivity index (χ4v) is 1.13. The largest absolute Gasteiger partial charge is 0.602 e. The quantitative estimate of drug-likeness (QED) is 0.542. The van der Waals surface area contributed by atoms with Crippen LogP contribution in [0.15, 0.2) is 18.2 Å². The molecule has 0 bridgehead atoms. The first-order chi connectivity index (χ1) is 5.66. The highest BCUT2D eigenvalue weighted by Crippen LogP contribution is 1.94. The lowest BCUT2D eigenvalue weighted by molar-refractivity contribution is -0.598. The third-order valence-corrected chi connectivity index (χ3v) is 1.74. The van der Waals surface area contributed by atoms with Crippen LogP contribution in [0, 0.1) is 13.8 Å². The monoisotopic (exact) mass is 166 g/mol. The van der Waals surface area contributed by atoms with Crippen molar-refractivity contribution in [1.82, 2.24) is 0 Å². The van der Waals surface area contributed by atoms with E-state index in [1.54, 1.807) is 0 Å². The second-order valence-electron chi connectivity index (χ2n) is 2.61. The lowest BCUT2D eigenvalue weighted by Crippen LogP contribution is -2.47. The van der Waals surface area contributed by atoms with Crippen LogP contribution in [0.5, 0.6) is 0 Å². The molecule has 1 rings (SSSR count). The van der Waals surface area contributed by atoms with Gasteiger partial charge in [0.05, 0.1) is 7.11 Å². The van der Waals surface area contributed by atoms with Crippen LogP contribution in [0.3, 0.4) is 0 Å². The maximum Gasteiger partial charge on any atom is 0.602 e. The molecule has 3 nitrogen and oxygen atoms in total. The zero-order chi connectivity index (χ0) is 9.14. The smallest absolute Gasteiger partial charge is 0.415 e. The van der Waals surface area contributed by atoms with Crippen LogP contribution in [-0.4, -0.2) is 13.2 Å². The van der Waals surface area contributed by atoms with E-state index >= 15 is 0 Å². The number of hydrogen-bond acceptors (Lipinski definition) is 2. The lowest BCUT2D eigenvalue weighted by atomic mass is 10.3. The van der Waals surface area contributed by atoms with Gasteiger partial charge in [0.1, 0.15) is 0 Å². The molecule has 0 saturated carbocycles. The second-order valence-corrected chi connectivity index (χ2v) is 2.61. The molecule has 0 amide bonds. The van der Waals surface area contributed by atoms with Crippen LogP contribution in [0.1, 0.15) is 11.4 Å². The minimum Gasteiger partial charge on any atom is -0.415 e. The van der Waals surface area contributed by atoms with Crippen LogP contribution in [0.2, 0.25) is 0 Å². The van der Waals surface area contributed by atoms with Crippen molar-refractivity contribution >= 4 is 6.09 Å². The Hall–Kier alpha value is -1.38. The fraction of sp³-hybridized carbons (Fsp3) is 0.333. The summed E-state index contributed by atoms with van der Waals surface area (Å²) in [5, 5.41) is 0. The summed E-state index contributed by atoms with van der Waals surface area (Å²) in [7, 11) is 1.38. The summed E-state index contributed by atoms with van der Waals surface area (Å²) in [5.74, 6) is 0. The van der Waals surface area contributed by atoms with Gasteiger partial charge in [-0.25, -0.2) is 0 Å². The molecule has 1 aromatic heterocycles. The number of hydrogen-bond donors (Lipinski definition) is 0. The highest BCUT2D eigenvalue weighted by Gasteiger charge is 2.20. The van der Waals surface area contributed by atoms with E-state index in [4.69, 9.17) is 0 Å². The molecule has 0 radical (unpaired) electrons. The predicted octanol–water partition coefficient (Wildman–Crippen LogP) is 1.21. The Labute approximate surface area is 71.6 Å². The van der Waals surface area contributed by atoms with Crippen molar-refractivity contribution in [2.24, 2.45) is 0 Å². The van der Waals surface area contributed by atoms with Crippen LogP contribution >= 0.6 is 0 Å². The normalized spacial score (nSPS) is 9.58. The Balaban J connectivity index is 3.21. The van der Waals surface area contributed by atoms with Gasteiger partial charge < -0.3 is 4.74 Å². The van der Waals surface area contributed by atoms with Gasteiger partial charge in [0.15, 0.2) is 11.4 Å². The van der Waals surface area contributed by atoms with Gasteiger partial charge >= 0.3 is 6.09 Å². The summed E-state index contributed by atoms with van der Waals surface area (Å²) >= 11 is 0. The molecule has 3 heteroatoms. The van der Waals surface area contributed by atoms with Gasteiger partial charge in [0.25, 0.3) is 0 Å². The van der Waals surface area contributed by atoms with Crippen molar-refractivity contribution in [2.45, 2.75) is 13.8 Å². The Kier molecular flexibility index (Phi) is 2.43. The Bertz CT molecular complexity index is 287. The summed E-state index contributed by atoms with van der Waals surface area (Å²) < 4.78 is 6.15. The molecular formula is C9H12NO2+. The van der Waals surface area contributed by atoms with E-state index in [1.807, 2.05) is 32.0 Å². The van der Waals surface area contributed by atoms with E-state index in [9.17, 15) is 4.79 Å². The van der Waals surface area contributed by atoms with Crippen molar-refractivity contribution in [2.75, 3.05) is 7.11 Å². The molecule has 0 unspecified atom stereocenters. The maximum atomic E-state index is 11.2. The molecule has 0 aliphatic carbocycles. The van der Waals surface area contributed by atoms with Crippen molar-refractivity contribution < 1.29 is 14.1 Å². The molecule has 0 aliphatic rings. The van der Waals surface area contributed by atoms with Gasteiger partial charge in [0, 0.05) is 26.0 Å². The number of rotatable bonds is 0. The number of ether oxygens (including phenoxy) is 1. The molecule has 0 fully saturated rings. The number of aromatic nitrogens is 1. The molecule has 0 aromatic carbocycles. The Morgan fingerprint density at radius 1 is 1.33 bits per heavy atom. The zero-order valence-electron chi connectivity index (χ0n) is 7.50. The van der Waals surface area contributed by atoms with Crippen molar-refractivity contribution in [3.63, 3.8) is 0 Å². The Morgan fingerprint density at radius 2 is 1.83 bits per heavy atom. The highest BCUT2D eigenvalue weighted by atomic mass is 16.5. The summed E-state index contributed by atoms with van der Waals surface area (Å²) in [6.45, 7) is 3.73. The van der Waals surface area contributed by atoms with Gasteiger partial charge in [-0.05, 0) is 6.07 Å². The third-order valence-electron chi connectivity index (χ3n) is 1.74. The van der Waals surface area contributed by atoms with Gasteiger partial charge in [-0.3, -0.25) is 0 Å². The summed E-state index contributed by atoms with van der Waals surface area (Å²) in [6.07, 6.45) is -0.342. The minimum absolute atomic E-state index is 0.342. The van der Waals surface area contributed by atoms with Gasteiger partial charge in [-0.15, -0.1) is 0 Å². The number of carbonyl (C=O) groups excluding carboxylic acids is 1. The van der Waals surface area contributed by atoms with E-state index in [-0.39, 0.29) is 6.09 Å². The third kappa shape index (κ3) is 1.44. The molecule has 0 spiro atoms. The first-order valence-corrected chi connectivity index (χ1v) is 3.73. The molecule has 0 N–H and O–H groups in total. The van der Waals surface area contributed by atoms with Crippen molar-refractivity contribution in [3.8, 4) is 0 Å². The lowest BCUT2D eigenvalue weighted by Gasteiger charge is -1.98. The molecule has 0 aliphatic heterocycles. The van der Waals surface area contributed by atoms with Crippen LogP contribution in [-0.2, 0) is 4.74 Å². The minimum atomic E-state index is -0.342. The first kappa shape index (κ1) is 8.71. The average molecular weight is 166 g/mol. The van der Waals surface area contributed by atoms with Gasteiger partial charge in [-0.2, -0.15) is 4.79 Å². The first-order valence-electron chi connectivity index (χ1n) is 3.73. The van der Waals surface area contributed by atoms with Crippen LogP contribution in [0.25, 0.3) is 0 Å². The van der Waals surface area contributed by atoms with E-state index in [2.05, 4.69) is 4.74 Å². The Morgan fingerprint density at radius 3 is 2.25 bits per heavy atom. The van der Waals surface area contributed by atoms with Crippen LogP contribution < -0.4 is 4.57 Å². The topological polar surface area (TPSA) is 30.2 Å². The molecule has 0 saturated heterocycles. The molecule has 1 aromatic rings. The second kappa shape index (κ2) is 3.34.